The number of hydrogen-bond donors (Lipinski definition) is 0. The third kappa shape index (κ3) is 3.34. The van der Waals surface area contributed by atoms with Crippen LogP contribution in [0.25, 0.3) is 0 Å². The lowest BCUT2D eigenvalue weighted by atomic mass is 9.80. The molecule has 0 aliphatic carbocycles. The van der Waals surface area contributed by atoms with Gasteiger partial charge in [0, 0.05) is 6.54 Å². The van der Waals surface area contributed by atoms with Crippen molar-refractivity contribution < 1.29 is 4.74 Å². The Hall–Kier alpha value is -1.96. The van der Waals surface area contributed by atoms with Crippen LogP contribution in [-0.4, -0.2) is 6.54 Å². The molecule has 1 heterocycles. The topological polar surface area (TPSA) is 12.5 Å². The Labute approximate surface area is 159 Å². The molecule has 1 aliphatic heterocycles. The molecule has 0 bridgehead atoms. The summed E-state index contributed by atoms with van der Waals surface area (Å²) in [6.07, 6.45) is 2.36. The number of fused-ring (bicyclic) bond motifs is 2. The molecule has 0 spiro atoms. The van der Waals surface area contributed by atoms with Crippen molar-refractivity contribution >= 4 is 11.4 Å². The fourth-order valence-corrected chi connectivity index (χ4v) is 3.88. The van der Waals surface area contributed by atoms with Crippen LogP contribution in [-0.2, 0) is 10.8 Å². The molecule has 140 valence electrons. The van der Waals surface area contributed by atoms with Crippen molar-refractivity contribution in [3.8, 4) is 11.5 Å². The standard InChI is InChI=1S/C24H33NO/c1-8-14-24(6,7)18-11-13-20-22(16-18)26-21-15-17(23(3,4)5)10-12-19(21)25(20)9-2/h10-13,15-16H,8-9,14H2,1-7H3. The van der Waals surface area contributed by atoms with Crippen molar-refractivity contribution in [3.05, 3.63) is 47.5 Å². The van der Waals surface area contributed by atoms with Gasteiger partial charge in [0.15, 0.2) is 11.5 Å². The van der Waals surface area contributed by atoms with Crippen LogP contribution in [0.5, 0.6) is 11.5 Å². The van der Waals surface area contributed by atoms with Gasteiger partial charge in [-0.05, 0) is 59.6 Å². The molecule has 0 atom stereocenters. The van der Waals surface area contributed by atoms with Crippen molar-refractivity contribution in [2.45, 2.75) is 72.1 Å². The summed E-state index contributed by atoms with van der Waals surface area (Å²) in [6, 6.07) is 13.4. The number of benzene rings is 2. The monoisotopic (exact) mass is 351 g/mol. The zero-order valence-corrected chi connectivity index (χ0v) is 17.4. The molecule has 0 saturated carbocycles. The first-order valence-electron chi connectivity index (χ1n) is 9.92. The van der Waals surface area contributed by atoms with Crippen molar-refractivity contribution in [1.82, 2.24) is 0 Å². The number of hydrogen-bond acceptors (Lipinski definition) is 2. The van der Waals surface area contributed by atoms with E-state index in [9.17, 15) is 0 Å². The van der Waals surface area contributed by atoms with Gasteiger partial charge in [0.05, 0.1) is 11.4 Å². The van der Waals surface area contributed by atoms with Crippen molar-refractivity contribution in [2.24, 2.45) is 0 Å². The van der Waals surface area contributed by atoms with Gasteiger partial charge in [-0.25, -0.2) is 0 Å². The Morgan fingerprint density at radius 2 is 1.35 bits per heavy atom. The lowest BCUT2D eigenvalue weighted by Crippen LogP contribution is -2.23. The third-order valence-electron chi connectivity index (χ3n) is 5.56. The van der Waals surface area contributed by atoms with E-state index in [2.05, 4.69) is 89.8 Å². The van der Waals surface area contributed by atoms with Crippen LogP contribution in [0.15, 0.2) is 36.4 Å². The minimum absolute atomic E-state index is 0.112. The number of nitrogens with zero attached hydrogens (tertiary/aromatic N) is 1. The van der Waals surface area contributed by atoms with Crippen LogP contribution < -0.4 is 9.64 Å². The average molecular weight is 352 g/mol. The second kappa shape index (κ2) is 6.64. The molecule has 26 heavy (non-hydrogen) atoms. The summed E-state index contributed by atoms with van der Waals surface area (Å²) in [6.45, 7) is 16.8. The van der Waals surface area contributed by atoms with E-state index < -0.39 is 0 Å². The molecule has 2 aromatic carbocycles. The smallest absolute Gasteiger partial charge is 0.151 e. The predicted octanol–water partition coefficient (Wildman–Crippen LogP) is 7.33. The molecule has 0 aromatic heterocycles. The quantitative estimate of drug-likeness (QED) is 0.572. The first-order chi connectivity index (χ1) is 12.2. The van der Waals surface area contributed by atoms with E-state index in [1.54, 1.807) is 0 Å². The minimum Gasteiger partial charge on any atom is -0.453 e. The van der Waals surface area contributed by atoms with Gasteiger partial charge in [-0.1, -0.05) is 60.1 Å². The normalized spacial score (nSPS) is 13.9. The number of rotatable bonds is 4. The van der Waals surface area contributed by atoms with Gasteiger partial charge in [-0.15, -0.1) is 0 Å². The van der Waals surface area contributed by atoms with Crippen LogP contribution in [0.1, 0.15) is 72.4 Å². The third-order valence-corrected chi connectivity index (χ3v) is 5.56. The zero-order chi connectivity index (χ0) is 19.1. The van der Waals surface area contributed by atoms with Gasteiger partial charge in [0.2, 0.25) is 0 Å². The van der Waals surface area contributed by atoms with Crippen molar-refractivity contribution in [1.29, 1.82) is 0 Å². The second-order valence-electron chi connectivity index (χ2n) is 9.10. The highest BCUT2D eigenvalue weighted by atomic mass is 16.5. The van der Waals surface area contributed by atoms with Gasteiger partial charge < -0.3 is 9.64 Å². The van der Waals surface area contributed by atoms with E-state index in [1.807, 2.05) is 0 Å². The number of anilines is 2. The molecule has 2 heteroatoms. The lowest BCUT2D eigenvalue weighted by Gasteiger charge is -2.34. The highest BCUT2D eigenvalue weighted by molar-refractivity contribution is 5.78. The molecule has 2 nitrogen and oxygen atoms in total. The largest absolute Gasteiger partial charge is 0.453 e. The van der Waals surface area contributed by atoms with E-state index in [0.717, 1.165) is 23.7 Å². The maximum Gasteiger partial charge on any atom is 0.151 e. The summed E-state index contributed by atoms with van der Waals surface area (Å²) in [5, 5.41) is 0. The van der Waals surface area contributed by atoms with E-state index in [-0.39, 0.29) is 10.8 Å². The Bertz CT molecular complexity index is 798. The Kier molecular flexibility index (Phi) is 4.81. The Morgan fingerprint density at radius 1 is 0.808 bits per heavy atom. The summed E-state index contributed by atoms with van der Waals surface area (Å²) in [5.74, 6) is 1.95. The SMILES string of the molecule is CCCC(C)(C)c1ccc2c(c1)Oc1cc(C(C)(C)C)ccc1N2CC. The van der Waals surface area contributed by atoms with E-state index >= 15 is 0 Å². The summed E-state index contributed by atoms with van der Waals surface area (Å²) in [7, 11) is 0. The van der Waals surface area contributed by atoms with Crippen LogP contribution in [0.3, 0.4) is 0 Å². The molecular weight excluding hydrogens is 318 g/mol. The predicted molar refractivity (Wildman–Crippen MR) is 112 cm³/mol. The molecule has 0 radical (unpaired) electrons. The molecular formula is C24H33NO. The summed E-state index contributed by atoms with van der Waals surface area (Å²) >= 11 is 0. The van der Waals surface area contributed by atoms with E-state index in [0.29, 0.717) is 0 Å². The minimum atomic E-state index is 0.112. The molecule has 2 aromatic rings. The fraction of sp³-hybridized carbons (Fsp3) is 0.500. The van der Waals surface area contributed by atoms with Crippen LogP contribution in [0.4, 0.5) is 11.4 Å². The van der Waals surface area contributed by atoms with Gasteiger partial charge in [0.25, 0.3) is 0 Å². The molecule has 3 rings (SSSR count). The van der Waals surface area contributed by atoms with E-state index in [1.165, 1.54) is 29.7 Å². The van der Waals surface area contributed by atoms with Crippen LogP contribution >= 0.6 is 0 Å². The van der Waals surface area contributed by atoms with Gasteiger partial charge in [-0.3, -0.25) is 0 Å². The fourth-order valence-electron chi connectivity index (χ4n) is 3.88. The molecule has 1 aliphatic rings. The second-order valence-corrected chi connectivity index (χ2v) is 9.10. The van der Waals surface area contributed by atoms with Crippen LogP contribution in [0, 0.1) is 0 Å². The van der Waals surface area contributed by atoms with Crippen molar-refractivity contribution in [2.75, 3.05) is 11.4 Å². The Balaban J connectivity index is 2.06. The summed E-state index contributed by atoms with van der Waals surface area (Å²) < 4.78 is 6.42. The van der Waals surface area contributed by atoms with Crippen LogP contribution in [0.2, 0.25) is 0 Å². The van der Waals surface area contributed by atoms with Gasteiger partial charge >= 0.3 is 0 Å². The maximum absolute atomic E-state index is 6.42. The highest BCUT2D eigenvalue weighted by Gasteiger charge is 2.28. The summed E-state index contributed by atoms with van der Waals surface area (Å²) in [5.41, 5.74) is 5.26. The molecule has 0 unspecified atom stereocenters. The lowest BCUT2D eigenvalue weighted by molar-refractivity contribution is 0.453. The molecule has 0 saturated heterocycles. The molecule has 0 N–H and O–H groups in total. The van der Waals surface area contributed by atoms with E-state index in [4.69, 9.17) is 4.74 Å². The average Bonchev–Trinajstić information content (AvgIpc) is 2.57. The van der Waals surface area contributed by atoms with Crippen molar-refractivity contribution in [3.63, 3.8) is 0 Å². The summed E-state index contributed by atoms with van der Waals surface area (Å²) in [4.78, 5) is 2.36. The first-order valence-corrected chi connectivity index (χ1v) is 9.92. The molecule has 0 amide bonds. The number of ether oxygens (including phenoxy) is 1. The first kappa shape index (κ1) is 18.8. The zero-order valence-electron chi connectivity index (χ0n) is 17.4. The van der Waals surface area contributed by atoms with Gasteiger partial charge in [0.1, 0.15) is 0 Å². The highest BCUT2D eigenvalue weighted by Crippen LogP contribution is 2.49. The molecule has 0 fully saturated rings. The Morgan fingerprint density at radius 3 is 1.85 bits per heavy atom. The maximum atomic E-state index is 6.42. The van der Waals surface area contributed by atoms with Gasteiger partial charge in [-0.2, -0.15) is 0 Å².